The number of piperidine rings is 1. The Balaban J connectivity index is 2.51. The van der Waals surface area contributed by atoms with Gasteiger partial charge >= 0.3 is 12.0 Å². The maximum absolute atomic E-state index is 11.8. The molecule has 0 saturated carbocycles. The summed E-state index contributed by atoms with van der Waals surface area (Å²) in [4.78, 5) is 44.9. The first-order valence-electron chi connectivity index (χ1n) is 6.42. The van der Waals surface area contributed by atoms with Crippen LogP contribution < -0.4 is 16.0 Å². The minimum Gasteiger partial charge on any atom is -0.481 e. The molecule has 0 radical (unpaired) electrons. The van der Waals surface area contributed by atoms with E-state index in [-0.39, 0.29) is 31.1 Å². The van der Waals surface area contributed by atoms with Crippen LogP contribution in [0.1, 0.15) is 33.1 Å². The molecule has 1 aliphatic heterocycles. The molecule has 8 heteroatoms. The van der Waals surface area contributed by atoms with Crippen LogP contribution in [0, 0.1) is 5.92 Å². The fourth-order valence-electron chi connectivity index (χ4n) is 1.84. The number of carbonyl (C=O) groups is 4. The van der Waals surface area contributed by atoms with Gasteiger partial charge in [0.25, 0.3) is 0 Å². The highest BCUT2D eigenvalue weighted by Crippen LogP contribution is 2.07. The highest BCUT2D eigenvalue weighted by atomic mass is 16.4. The van der Waals surface area contributed by atoms with Gasteiger partial charge in [0.05, 0.1) is 6.42 Å². The second kappa shape index (κ2) is 6.88. The molecule has 0 aromatic carbocycles. The van der Waals surface area contributed by atoms with Gasteiger partial charge in [-0.3, -0.25) is 19.7 Å². The SMILES string of the molecule is CC(C)C(CC(=O)O)NC(=O)NC1CCC(=O)NC1=O. The first-order valence-corrected chi connectivity index (χ1v) is 6.42. The van der Waals surface area contributed by atoms with Crippen molar-refractivity contribution in [3.63, 3.8) is 0 Å². The molecule has 1 heterocycles. The van der Waals surface area contributed by atoms with E-state index in [9.17, 15) is 19.2 Å². The first kappa shape index (κ1) is 15.9. The number of carboxylic acid groups (broad SMARTS) is 1. The maximum Gasteiger partial charge on any atom is 0.315 e. The Kier molecular flexibility index (Phi) is 5.48. The lowest BCUT2D eigenvalue weighted by Gasteiger charge is -2.25. The van der Waals surface area contributed by atoms with Crippen LogP contribution in [0.15, 0.2) is 0 Å². The first-order chi connectivity index (χ1) is 9.29. The van der Waals surface area contributed by atoms with Gasteiger partial charge in [0.2, 0.25) is 11.8 Å². The summed E-state index contributed by atoms with van der Waals surface area (Å²) in [5.41, 5.74) is 0. The molecule has 0 aromatic rings. The van der Waals surface area contributed by atoms with E-state index in [2.05, 4.69) is 16.0 Å². The molecule has 2 unspecified atom stereocenters. The molecule has 0 spiro atoms. The van der Waals surface area contributed by atoms with Crippen LogP contribution in [-0.2, 0) is 14.4 Å². The predicted octanol–water partition coefficient (Wildman–Crippen LogP) is -0.410. The summed E-state index contributed by atoms with van der Waals surface area (Å²) in [7, 11) is 0. The number of carboxylic acids is 1. The lowest BCUT2D eigenvalue weighted by molar-refractivity contribution is -0.138. The van der Waals surface area contributed by atoms with Gasteiger partial charge in [-0.2, -0.15) is 0 Å². The monoisotopic (exact) mass is 285 g/mol. The molecule has 0 bridgehead atoms. The van der Waals surface area contributed by atoms with E-state index in [1.165, 1.54) is 0 Å². The lowest BCUT2D eigenvalue weighted by Crippen LogP contribution is -2.56. The van der Waals surface area contributed by atoms with E-state index in [1.54, 1.807) is 13.8 Å². The standard InChI is InChI=1S/C12H19N3O5/c1-6(2)8(5-10(17)18)14-12(20)13-7-3-4-9(16)15-11(7)19/h6-8H,3-5H2,1-2H3,(H,17,18)(H2,13,14,20)(H,15,16,19). The molecule has 4 N–H and O–H groups in total. The Morgan fingerprint density at radius 2 is 2.05 bits per heavy atom. The number of rotatable bonds is 5. The number of nitrogens with one attached hydrogen (secondary N) is 3. The third-order valence-electron chi connectivity index (χ3n) is 3.06. The zero-order chi connectivity index (χ0) is 15.3. The Bertz CT molecular complexity index is 421. The number of hydrogen-bond donors (Lipinski definition) is 4. The summed E-state index contributed by atoms with van der Waals surface area (Å²) in [5.74, 6) is -1.97. The quantitative estimate of drug-likeness (QED) is 0.511. The van der Waals surface area contributed by atoms with Crippen molar-refractivity contribution in [1.82, 2.24) is 16.0 Å². The second-order valence-corrected chi connectivity index (χ2v) is 5.07. The van der Waals surface area contributed by atoms with E-state index in [0.29, 0.717) is 0 Å². The summed E-state index contributed by atoms with van der Waals surface area (Å²) in [5, 5.41) is 15.9. The zero-order valence-corrected chi connectivity index (χ0v) is 11.4. The molecule has 1 rings (SSSR count). The average molecular weight is 285 g/mol. The summed E-state index contributed by atoms with van der Waals surface area (Å²) in [6.45, 7) is 3.58. The Hall–Kier alpha value is -2.12. The van der Waals surface area contributed by atoms with Crippen molar-refractivity contribution in [2.45, 2.75) is 45.2 Å². The number of aliphatic carboxylic acids is 1. The van der Waals surface area contributed by atoms with Crippen LogP contribution >= 0.6 is 0 Å². The van der Waals surface area contributed by atoms with E-state index >= 15 is 0 Å². The third-order valence-corrected chi connectivity index (χ3v) is 3.06. The molecule has 0 aliphatic carbocycles. The van der Waals surface area contributed by atoms with E-state index < -0.39 is 30.0 Å². The van der Waals surface area contributed by atoms with Gasteiger partial charge in [0.1, 0.15) is 6.04 Å². The van der Waals surface area contributed by atoms with Crippen LogP contribution in [0.4, 0.5) is 4.79 Å². The molecule has 2 atom stereocenters. The van der Waals surface area contributed by atoms with Crippen molar-refractivity contribution in [3.8, 4) is 0 Å². The summed E-state index contributed by atoms with van der Waals surface area (Å²) >= 11 is 0. The molecule has 1 fully saturated rings. The van der Waals surface area contributed by atoms with Crippen molar-refractivity contribution in [3.05, 3.63) is 0 Å². The number of amides is 4. The van der Waals surface area contributed by atoms with Gasteiger partial charge in [-0.1, -0.05) is 13.8 Å². The van der Waals surface area contributed by atoms with Crippen LogP contribution in [-0.4, -0.2) is 41.0 Å². The summed E-state index contributed by atoms with van der Waals surface area (Å²) < 4.78 is 0. The topological polar surface area (TPSA) is 125 Å². The minimum atomic E-state index is -1.01. The molecule has 8 nitrogen and oxygen atoms in total. The van der Waals surface area contributed by atoms with Crippen LogP contribution in [0.3, 0.4) is 0 Å². The van der Waals surface area contributed by atoms with Crippen molar-refractivity contribution in [1.29, 1.82) is 0 Å². The Labute approximate surface area is 116 Å². The number of urea groups is 1. The van der Waals surface area contributed by atoms with E-state index in [0.717, 1.165) is 0 Å². The highest BCUT2D eigenvalue weighted by molar-refractivity contribution is 6.01. The second-order valence-electron chi connectivity index (χ2n) is 5.07. The average Bonchev–Trinajstić information content (AvgIpc) is 2.31. The normalized spacial score (nSPS) is 20.2. The largest absolute Gasteiger partial charge is 0.481 e. The molecule has 20 heavy (non-hydrogen) atoms. The van der Waals surface area contributed by atoms with Gasteiger partial charge in [0, 0.05) is 12.5 Å². The molecular weight excluding hydrogens is 266 g/mol. The van der Waals surface area contributed by atoms with Crippen molar-refractivity contribution >= 4 is 23.8 Å². The highest BCUT2D eigenvalue weighted by Gasteiger charge is 2.28. The predicted molar refractivity (Wildman–Crippen MR) is 68.7 cm³/mol. The van der Waals surface area contributed by atoms with E-state index in [1.807, 2.05) is 0 Å². The lowest BCUT2D eigenvalue weighted by atomic mass is 10.0. The van der Waals surface area contributed by atoms with Gasteiger partial charge in [-0.25, -0.2) is 4.79 Å². The minimum absolute atomic E-state index is 0.0568. The fourth-order valence-corrected chi connectivity index (χ4v) is 1.84. The molecular formula is C12H19N3O5. The maximum atomic E-state index is 11.8. The molecule has 1 saturated heterocycles. The number of carbonyl (C=O) groups excluding carboxylic acids is 3. The number of hydrogen-bond acceptors (Lipinski definition) is 4. The van der Waals surface area contributed by atoms with Gasteiger partial charge in [0.15, 0.2) is 0 Å². The Morgan fingerprint density at radius 1 is 1.40 bits per heavy atom. The molecule has 4 amide bonds. The molecule has 0 aromatic heterocycles. The Morgan fingerprint density at radius 3 is 2.55 bits per heavy atom. The number of imide groups is 1. The molecule has 1 aliphatic rings. The van der Waals surface area contributed by atoms with Crippen molar-refractivity contribution in [2.24, 2.45) is 5.92 Å². The van der Waals surface area contributed by atoms with Gasteiger partial charge in [-0.05, 0) is 12.3 Å². The van der Waals surface area contributed by atoms with Crippen molar-refractivity contribution in [2.75, 3.05) is 0 Å². The summed E-state index contributed by atoms with van der Waals surface area (Å²) in [6, 6.07) is -1.91. The van der Waals surface area contributed by atoms with Gasteiger partial charge < -0.3 is 15.7 Å². The van der Waals surface area contributed by atoms with Gasteiger partial charge in [-0.15, -0.1) is 0 Å². The van der Waals surface area contributed by atoms with E-state index in [4.69, 9.17) is 5.11 Å². The fraction of sp³-hybridized carbons (Fsp3) is 0.667. The molecule has 112 valence electrons. The zero-order valence-electron chi connectivity index (χ0n) is 11.4. The van der Waals surface area contributed by atoms with Crippen LogP contribution in [0.25, 0.3) is 0 Å². The van der Waals surface area contributed by atoms with Crippen LogP contribution in [0.2, 0.25) is 0 Å². The van der Waals surface area contributed by atoms with Crippen molar-refractivity contribution < 1.29 is 24.3 Å². The third kappa shape index (κ3) is 4.87. The van der Waals surface area contributed by atoms with Crippen LogP contribution in [0.5, 0.6) is 0 Å². The summed E-state index contributed by atoms with van der Waals surface area (Å²) in [6.07, 6.45) is 0.212. The smallest absolute Gasteiger partial charge is 0.315 e.